The van der Waals surface area contributed by atoms with Gasteiger partial charge >= 0.3 is 0 Å². The first-order valence-corrected chi connectivity index (χ1v) is 19.4. The Morgan fingerprint density at radius 2 is 1.09 bits per heavy atom. The van der Waals surface area contributed by atoms with E-state index in [4.69, 9.17) is 23.8 Å². The Morgan fingerprint density at radius 1 is 0.473 bits per heavy atom. The number of para-hydroxylation sites is 1. The molecular formula is C49H29N3O2S. The second kappa shape index (κ2) is 11.8. The Balaban J connectivity index is 1.13. The SMILES string of the molecule is C1=Cc2oc3cccc(-c4cccc5sc6ccccc6c45)c3c2C(c2nc(-c3cccc4ccccc34)nc(-c3cccc4oc5ccccc5c34)n2)C1. The number of furan rings is 2. The average molecular weight is 724 g/mol. The van der Waals surface area contributed by atoms with Gasteiger partial charge in [0.25, 0.3) is 0 Å². The molecule has 0 aliphatic heterocycles. The number of benzene rings is 7. The van der Waals surface area contributed by atoms with E-state index in [0.717, 1.165) is 78.1 Å². The van der Waals surface area contributed by atoms with Gasteiger partial charge in [-0.15, -0.1) is 11.3 Å². The van der Waals surface area contributed by atoms with E-state index in [9.17, 15) is 0 Å². The zero-order chi connectivity index (χ0) is 36.0. The van der Waals surface area contributed by atoms with Crippen LogP contribution in [0.25, 0.3) is 104 Å². The largest absolute Gasteiger partial charge is 0.456 e. The molecule has 7 aromatic carbocycles. The molecule has 0 radical (unpaired) electrons. The second-order valence-corrected chi connectivity index (χ2v) is 15.3. The lowest BCUT2D eigenvalue weighted by Gasteiger charge is -2.20. The van der Waals surface area contributed by atoms with Crippen LogP contribution in [0, 0.1) is 0 Å². The molecule has 0 fully saturated rings. The topological polar surface area (TPSA) is 65.0 Å². The molecule has 6 heteroatoms. The van der Waals surface area contributed by atoms with Gasteiger partial charge in [-0.05, 0) is 64.7 Å². The van der Waals surface area contributed by atoms with Crippen molar-refractivity contribution in [3.05, 3.63) is 169 Å². The fraction of sp³-hybridized carbons (Fsp3) is 0.0408. The lowest BCUT2D eigenvalue weighted by atomic mass is 9.85. The fourth-order valence-electron chi connectivity index (χ4n) is 8.72. The molecule has 0 N–H and O–H groups in total. The van der Waals surface area contributed by atoms with Crippen LogP contribution in [0.2, 0.25) is 0 Å². The van der Waals surface area contributed by atoms with Crippen molar-refractivity contribution in [2.75, 3.05) is 0 Å². The van der Waals surface area contributed by atoms with Crippen molar-refractivity contribution in [1.82, 2.24) is 15.0 Å². The van der Waals surface area contributed by atoms with Gasteiger partial charge in [-0.25, -0.2) is 15.0 Å². The van der Waals surface area contributed by atoms with Gasteiger partial charge in [0, 0.05) is 53.0 Å². The highest BCUT2D eigenvalue weighted by Crippen LogP contribution is 2.48. The number of fused-ring (bicyclic) bond motifs is 10. The van der Waals surface area contributed by atoms with Crippen molar-refractivity contribution in [3.63, 3.8) is 0 Å². The molecular weight excluding hydrogens is 695 g/mol. The first-order valence-electron chi connectivity index (χ1n) is 18.5. The molecule has 0 saturated carbocycles. The zero-order valence-electron chi connectivity index (χ0n) is 29.4. The highest BCUT2D eigenvalue weighted by atomic mass is 32.1. The highest BCUT2D eigenvalue weighted by molar-refractivity contribution is 7.25. The average Bonchev–Trinajstić information content (AvgIpc) is 3.94. The monoisotopic (exact) mass is 723 g/mol. The lowest BCUT2D eigenvalue weighted by Crippen LogP contribution is -2.12. The maximum Gasteiger partial charge on any atom is 0.164 e. The van der Waals surface area contributed by atoms with Gasteiger partial charge in [-0.2, -0.15) is 0 Å². The first kappa shape index (κ1) is 30.6. The number of hydrogen-bond acceptors (Lipinski definition) is 6. The van der Waals surface area contributed by atoms with E-state index in [1.165, 1.54) is 25.7 Å². The highest BCUT2D eigenvalue weighted by Gasteiger charge is 2.31. The number of aromatic nitrogens is 3. The third-order valence-electron chi connectivity index (χ3n) is 11.1. The van der Waals surface area contributed by atoms with Gasteiger partial charge < -0.3 is 8.83 Å². The normalized spacial score (nSPS) is 14.2. The summed E-state index contributed by atoms with van der Waals surface area (Å²) in [6, 6.07) is 50.8. The van der Waals surface area contributed by atoms with Crippen LogP contribution in [-0.2, 0) is 0 Å². The number of nitrogens with zero attached hydrogens (tertiary/aromatic N) is 3. The van der Waals surface area contributed by atoms with Crippen molar-refractivity contribution in [1.29, 1.82) is 0 Å². The Kier molecular flexibility index (Phi) is 6.56. The van der Waals surface area contributed by atoms with Gasteiger partial charge in [-0.1, -0.05) is 121 Å². The predicted octanol–water partition coefficient (Wildman–Crippen LogP) is 13.6. The number of hydrogen-bond donors (Lipinski definition) is 0. The van der Waals surface area contributed by atoms with Crippen LogP contribution in [0.4, 0.5) is 0 Å². The Hall–Kier alpha value is -6.89. The minimum absolute atomic E-state index is 0.184. The van der Waals surface area contributed by atoms with Crippen LogP contribution in [-0.4, -0.2) is 15.0 Å². The molecule has 0 spiro atoms. The molecule has 0 saturated heterocycles. The second-order valence-electron chi connectivity index (χ2n) is 14.2. The van der Waals surface area contributed by atoms with Crippen molar-refractivity contribution in [2.24, 2.45) is 0 Å². The molecule has 1 aliphatic carbocycles. The minimum atomic E-state index is -0.184. The smallest absolute Gasteiger partial charge is 0.164 e. The van der Waals surface area contributed by atoms with Gasteiger partial charge in [0.15, 0.2) is 11.6 Å². The van der Waals surface area contributed by atoms with E-state index < -0.39 is 0 Å². The Bertz CT molecular complexity index is 3380. The van der Waals surface area contributed by atoms with Crippen LogP contribution in [0.3, 0.4) is 0 Å². The van der Waals surface area contributed by atoms with Gasteiger partial charge in [-0.3, -0.25) is 0 Å². The summed E-state index contributed by atoms with van der Waals surface area (Å²) in [5.41, 5.74) is 7.82. The predicted molar refractivity (Wildman–Crippen MR) is 226 cm³/mol. The molecule has 5 nitrogen and oxygen atoms in total. The molecule has 55 heavy (non-hydrogen) atoms. The molecule has 1 atom stereocenters. The van der Waals surface area contributed by atoms with Crippen LogP contribution >= 0.6 is 11.3 Å². The Morgan fingerprint density at radius 3 is 1.98 bits per heavy atom. The quantitative estimate of drug-likeness (QED) is 0.181. The van der Waals surface area contributed by atoms with Gasteiger partial charge in [0.2, 0.25) is 0 Å². The van der Waals surface area contributed by atoms with E-state index in [-0.39, 0.29) is 5.92 Å². The molecule has 4 heterocycles. The number of thiophene rings is 1. The molecule has 12 rings (SSSR count). The van der Waals surface area contributed by atoms with Crippen molar-refractivity contribution < 1.29 is 8.83 Å². The third-order valence-corrected chi connectivity index (χ3v) is 12.2. The van der Waals surface area contributed by atoms with E-state index >= 15 is 0 Å². The molecule has 0 bridgehead atoms. The first-order chi connectivity index (χ1) is 27.3. The van der Waals surface area contributed by atoms with Crippen LogP contribution in [0.5, 0.6) is 0 Å². The molecule has 4 aromatic heterocycles. The van der Waals surface area contributed by atoms with E-state index in [0.29, 0.717) is 17.5 Å². The van der Waals surface area contributed by atoms with Crippen molar-refractivity contribution >= 4 is 81.3 Å². The Labute approximate surface area is 318 Å². The minimum Gasteiger partial charge on any atom is -0.456 e. The van der Waals surface area contributed by atoms with Crippen molar-refractivity contribution in [3.8, 4) is 33.9 Å². The van der Waals surface area contributed by atoms with Crippen molar-refractivity contribution in [2.45, 2.75) is 12.3 Å². The summed E-state index contributed by atoms with van der Waals surface area (Å²) in [5, 5.41) is 7.90. The molecule has 258 valence electrons. The van der Waals surface area contributed by atoms with Crippen LogP contribution in [0.1, 0.15) is 29.5 Å². The summed E-state index contributed by atoms with van der Waals surface area (Å²) in [5.74, 6) is 2.62. The zero-order valence-corrected chi connectivity index (χ0v) is 30.2. The maximum atomic E-state index is 6.70. The summed E-state index contributed by atoms with van der Waals surface area (Å²) >= 11 is 1.84. The number of rotatable bonds is 4. The summed E-state index contributed by atoms with van der Waals surface area (Å²) in [6.07, 6.45) is 5.02. The third kappa shape index (κ3) is 4.62. The van der Waals surface area contributed by atoms with Crippen LogP contribution < -0.4 is 0 Å². The van der Waals surface area contributed by atoms with E-state index in [1.807, 2.05) is 41.7 Å². The molecule has 0 amide bonds. The van der Waals surface area contributed by atoms with E-state index in [1.54, 1.807) is 0 Å². The standard InChI is InChI=1S/C49H29N3O2S/c1-2-14-29-28(12-1)13-7-19-32(29)47-50-48(35-20-9-23-38-43(35)33-15-3-5-22-37(33)53-38)52-49(51-47)36-21-10-25-40-46(36)45-31(17-8-24-39(45)54-40)30-18-11-27-42-44(30)34-16-4-6-26-41(34)55-42/h1-20,22-27,36H,21H2. The lowest BCUT2D eigenvalue weighted by molar-refractivity contribution is 0.586. The van der Waals surface area contributed by atoms with Crippen LogP contribution in [0.15, 0.2) is 161 Å². The molecule has 11 aromatic rings. The maximum absolute atomic E-state index is 6.70. The fourth-order valence-corrected chi connectivity index (χ4v) is 9.85. The summed E-state index contributed by atoms with van der Waals surface area (Å²) < 4.78 is 15.6. The number of allylic oxidation sites excluding steroid dienone is 1. The summed E-state index contributed by atoms with van der Waals surface area (Å²) in [6.45, 7) is 0. The molecule has 1 aliphatic rings. The summed E-state index contributed by atoms with van der Waals surface area (Å²) in [7, 11) is 0. The van der Waals surface area contributed by atoms with E-state index in [2.05, 4.69) is 127 Å². The van der Waals surface area contributed by atoms with Gasteiger partial charge in [0.05, 0.1) is 5.92 Å². The van der Waals surface area contributed by atoms with Gasteiger partial charge in [0.1, 0.15) is 28.3 Å². The summed E-state index contributed by atoms with van der Waals surface area (Å²) in [4.78, 5) is 16.1. The molecule has 1 unspecified atom stereocenters.